The molecular weight excluding hydrogens is 210 g/mol. The van der Waals surface area contributed by atoms with E-state index < -0.39 is 0 Å². The number of aromatic amines is 1. The Morgan fingerprint density at radius 3 is 2.60 bits per heavy atom. The normalized spacial score (nSPS) is 11.3. The van der Waals surface area contributed by atoms with Crippen LogP contribution in [0, 0.1) is 0 Å². The standard InChI is InChI=1S/C11H20ClN3/c1-3-15(4-2)8-9-7-10(5-6-13)14-11(9)12/h7,14H,3-6,8,13H2,1-2H3. The van der Waals surface area contributed by atoms with Crippen LogP contribution in [0.3, 0.4) is 0 Å². The van der Waals surface area contributed by atoms with Gasteiger partial charge in [0.15, 0.2) is 0 Å². The SMILES string of the molecule is CCN(CC)Cc1cc(CCN)[nH]c1Cl. The number of nitrogens with two attached hydrogens (primary N) is 1. The first-order valence-electron chi connectivity index (χ1n) is 5.49. The number of H-pyrrole nitrogens is 1. The van der Waals surface area contributed by atoms with E-state index in [1.165, 1.54) is 5.56 Å². The molecule has 0 fully saturated rings. The highest BCUT2D eigenvalue weighted by atomic mass is 35.5. The van der Waals surface area contributed by atoms with Crippen LogP contribution in [0.5, 0.6) is 0 Å². The van der Waals surface area contributed by atoms with E-state index in [2.05, 4.69) is 29.8 Å². The Morgan fingerprint density at radius 1 is 1.40 bits per heavy atom. The van der Waals surface area contributed by atoms with E-state index in [9.17, 15) is 0 Å². The molecule has 0 aromatic carbocycles. The van der Waals surface area contributed by atoms with Crippen LogP contribution >= 0.6 is 11.6 Å². The molecule has 0 bridgehead atoms. The summed E-state index contributed by atoms with van der Waals surface area (Å²) in [5.41, 5.74) is 7.80. The van der Waals surface area contributed by atoms with Crippen molar-refractivity contribution in [2.45, 2.75) is 26.8 Å². The lowest BCUT2D eigenvalue weighted by molar-refractivity contribution is 0.296. The maximum Gasteiger partial charge on any atom is 0.111 e. The van der Waals surface area contributed by atoms with Crippen LogP contribution in [0.2, 0.25) is 5.15 Å². The molecule has 0 atom stereocenters. The van der Waals surface area contributed by atoms with E-state index in [1.807, 2.05) is 0 Å². The van der Waals surface area contributed by atoms with Crippen molar-refractivity contribution in [2.75, 3.05) is 19.6 Å². The Morgan fingerprint density at radius 2 is 2.07 bits per heavy atom. The molecule has 0 unspecified atom stereocenters. The monoisotopic (exact) mass is 229 g/mol. The van der Waals surface area contributed by atoms with Crippen molar-refractivity contribution in [3.05, 3.63) is 22.5 Å². The average Bonchev–Trinajstić information content (AvgIpc) is 2.56. The molecule has 0 spiro atoms. The molecule has 0 aliphatic heterocycles. The van der Waals surface area contributed by atoms with Crippen molar-refractivity contribution in [2.24, 2.45) is 5.73 Å². The predicted octanol–water partition coefficient (Wildman–Crippen LogP) is 2.01. The summed E-state index contributed by atoms with van der Waals surface area (Å²) in [6.45, 7) is 7.97. The van der Waals surface area contributed by atoms with Crippen LogP contribution < -0.4 is 5.73 Å². The van der Waals surface area contributed by atoms with Gasteiger partial charge in [-0.05, 0) is 32.1 Å². The topological polar surface area (TPSA) is 45.0 Å². The van der Waals surface area contributed by atoms with Gasteiger partial charge >= 0.3 is 0 Å². The van der Waals surface area contributed by atoms with E-state index in [0.717, 1.165) is 36.9 Å². The molecule has 1 aromatic heterocycles. The smallest absolute Gasteiger partial charge is 0.111 e. The molecule has 0 radical (unpaired) electrons. The third kappa shape index (κ3) is 3.52. The summed E-state index contributed by atoms with van der Waals surface area (Å²) >= 11 is 6.12. The van der Waals surface area contributed by atoms with Crippen LogP contribution in [-0.4, -0.2) is 29.5 Å². The number of halogens is 1. The number of hydrogen-bond donors (Lipinski definition) is 2. The first kappa shape index (κ1) is 12.6. The molecule has 86 valence electrons. The molecular formula is C11H20ClN3. The lowest BCUT2D eigenvalue weighted by Gasteiger charge is -2.16. The Kier molecular flexibility index (Phi) is 5.15. The van der Waals surface area contributed by atoms with Gasteiger partial charge in [0.25, 0.3) is 0 Å². The van der Waals surface area contributed by atoms with Crippen molar-refractivity contribution in [1.29, 1.82) is 0 Å². The molecule has 0 aliphatic rings. The van der Waals surface area contributed by atoms with E-state index in [4.69, 9.17) is 17.3 Å². The molecule has 0 saturated carbocycles. The highest BCUT2D eigenvalue weighted by molar-refractivity contribution is 6.30. The van der Waals surface area contributed by atoms with E-state index in [0.29, 0.717) is 6.54 Å². The van der Waals surface area contributed by atoms with E-state index in [-0.39, 0.29) is 0 Å². The minimum absolute atomic E-state index is 0.654. The fourth-order valence-corrected chi connectivity index (χ4v) is 1.86. The first-order chi connectivity index (χ1) is 7.21. The second-order valence-electron chi connectivity index (χ2n) is 3.63. The maximum atomic E-state index is 6.12. The molecule has 1 aromatic rings. The molecule has 1 rings (SSSR count). The minimum Gasteiger partial charge on any atom is -0.349 e. The number of rotatable bonds is 6. The second-order valence-corrected chi connectivity index (χ2v) is 4.01. The van der Waals surface area contributed by atoms with Gasteiger partial charge in [-0.3, -0.25) is 4.90 Å². The molecule has 0 saturated heterocycles. The number of hydrogen-bond acceptors (Lipinski definition) is 2. The van der Waals surface area contributed by atoms with Crippen molar-refractivity contribution in [1.82, 2.24) is 9.88 Å². The molecule has 4 heteroatoms. The predicted molar refractivity (Wildman–Crippen MR) is 65.2 cm³/mol. The highest BCUT2D eigenvalue weighted by Gasteiger charge is 2.08. The lowest BCUT2D eigenvalue weighted by Crippen LogP contribution is -2.21. The van der Waals surface area contributed by atoms with Gasteiger partial charge < -0.3 is 10.7 Å². The third-order valence-electron chi connectivity index (χ3n) is 2.60. The summed E-state index contributed by atoms with van der Waals surface area (Å²) < 4.78 is 0. The summed E-state index contributed by atoms with van der Waals surface area (Å²) in [6, 6.07) is 2.12. The summed E-state index contributed by atoms with van der Waals surface area (Å²) in [5, 5.41) is 0.755. The number of nitrogens with zero attached hydrogens (tertiary/aromatic N) is 1. The van der Waals surface area contributed by atoms with Crippen molar-refractivity contribution in [3.8, 4) is 0 Å². The summed E-state index contributed by atoms with van der Waals surface area (Å²) in [4.78, 5) is 5.49. The number of nitrogens with one attached hydrogen (secondary N) is 1. The average molecular weight is 230 g/mol. The minimum atomic E-state index is 0.654. The molecule has 0 amide bonds. The fourth-order valence-electron chi connectivity index (χ4n) is 1.62. The first-order valence-corrected chi connectivity index (χ1v) is 5.87. The van der Waals surface area contributed by atoms with Crippen LogP contribution in [-0.2, 0) is 13.0 Å². The number of aromatic nitrogens is 1. The molecule has 3 nitrogen and oxygen atoms in total. The largest absolute Gasteiger partial charge is 0.349 e. The van der Waals surface area contributed by atoms with Gasteiger partial charge in [-0.25, -0.2) is 0 Å². The molecule has 0 aliphatic carbocycles. The fraction of sp³-hybridized carbons (Fsp3) is 0.636. The zero-order chi connectivity index (χ0) is 11.3. The van der Waals surface area contributed by atoms with Gasteiger partial charge in [-0.15, -0.1) is 0 Å². The second kappa shape index (κ2) is 6.16. The Bertz CT molecular complexity index is 292. The summed E-state index contributed by atoms with van der Waals surface area (Å²) in [5.74, 6) is 0. The van der Waals surface area contributed by atoms with Crippen molar-refractivity contribution < 1.29 is 0 Å². The van der Waals surface area contributed by atoms with Crippen molar-refractivity contribution in [3.63, 3.8) is 0 Å². The van der Waals surface area contributed by atoms with E-state index in [1.54, 1.807) is 0 Å². The molecule has 3 N–H and O–H groups in total. The van der Waals surface area contributed by atoms with Gasteiger partial charge in [0.1, 0.15) is 5.15 Å². The van der Waals surface area contributed by atoms with Gasteiger partial charge in [0, 0.05) is 17.8 Å². The Labute approximate surface area is 96.6 Å². The van der Waals surface area contributed by atoms with Crippen LogP contribution in [0.15, 0.2) is 6.07 Å². The Hall–Kier alpha value is -0.510. The third-order valence-corrected chi connectivity index (χ3v) is 2.94. The van der Waals surface area contributed by atoms with Gasteiger partial charge in [0.05, 0.1) is 0 Å². The van der Waals surface area contributed by atoms with Crippen LogP contribution in [0.4, 0.5) is 0 Å². The quantitative estimate of drug-likeness (QED) is 0.784. The molecule has 1 heterocycles. The zero-order valence-electron chi connectivity index (χ0n) is 9.52. The van der Waals surface area contributed by atoms with E-state index >= 15 is 0 Å². The van der Waals surface area contributed by atoms with Gasteiger partial charge in [-0.1, -0.05) is 25.4 Å². The lowest BCUT2D eigenvalue weighted by atomic mass is 10.2. The van der Waals surface area contributed by atoms with Crippen LogP contribution in [0.1, 0.15) is 25.1 Å². The Balaban J connectivity index is 2.67. The van der Waals surface area contributed by atoms with Gasteiger partial charge in [0.2, 0.25) is 0 Å². The summed E-state index contributed by atoms with van der Waals surface area (Å²) in [6.07, 6.45) is 0.859. The highest BCUT2D eigenvalue weighted by Crippen LogP contribution is 2.18. The van der Waals surface area contributed by atoms with Crippen LogP contribution in [0.25, 0.3) is 0 Å². The zero-order valence-corrected chi connectivity index (χ0v) is 10.3. The maximum absolute atomic E-state index is 6.12. The molecule has 15 heavy (non-hydrogen) atoms. The summed E-state index contributed by atoms with van der Waals surface area (Å²) in [7, 11) is 0. The van der Waals surface area contributed by atoms with Crippen molar-refractivity contribution >= 4 is 11.6 Å². The van der Waals surface area contributed by atoms with Gasteiger partial charge in [-0.2, -0.15) is 0 Å².